The van der Waals surface area contributed by atoms with Gasteiger partial charge in [0, 0.05) is 16.1 Å². The van der Waals surface area contributed by atoms with Crippen molar-refractivity contribution in [3.05, 3.63) is 70.3 Å². The van der Waals surface area contributed by atoms with Crippen molar-refractivity contribution in [3.63, 3.8) is 0 Å². The molecule has 3 aromatic rings. The van der Waals surface area contributed by atoms with Crippen LogP contribution >= 0.6 is 15.9 Å². The minimum atomic E-state index is -0.986. The first-order chi connectivity index (χ1) is 10.1. The van der Waals surface area contributed by atoms with Crippen LogP contribution in [0, 0.1) is 11.6 Å². The van der Waals surface area contributed by atoms with Crippen molar-refractivity contribution in [2.75, 3.05) is 0 Å². The van der Waals surface area contributed by atoms with E-state index in [-0.39, 0.29) is 12.4 Å². The number of pyridine rings is 1. The van der Waals surface area contributed by atoms with Gasteiger partial charge >= 0.3 is 0 Å². The zero-order chi connectivity index (χ0) is 14.8. The van der Waals surface area contributed by atoms with Gasteiger partial charge in [-0.1, -0.05) is 28.1 Å². The predicted molar refractivity (Wildman–Crippen MR) is 80.1 cm³/mol. The highest BCUT2D eigenvalue weighted by atomic mass is 79.9. The third-order valence-corrected chi connectivity index (χ3v) is 3.48. The molecule has 0 bridgehead atoms. The van der Waals surface area contributed by atoms with E-state index in [4.69, 9.17) is 4.74 Å². The maximum absolute atomic E-state index is 13.6. The average molecular weight is 350 g/mol. The number of benzene rings is 2. The molecule has 0 radical (unpaired) electrons. The van der Waals surface area contributed by atoms with Crippen LogP contribution in [0.15, 0.2) is 53.1 Å². The molecular weight excluding hydrogens is 340 g/mol. The Kier molecular flexibility index (Phi) is 3.84. The number of hydrogen-bond donors (Lipinski definition) is 0. The van der Waals surface area contributed by atoms with E-state index >= 15 is 0 Å². The number of rotatable bonds is 3. The summed E-state index contributed by atoms with van der Waals surface area (Å²) in [6.45, 7) is 0.150. The molecule has 0 atom stereocenters. The van der Waals surface area contributed by atoms with Gasteiger partial charge < -0.3 is 4.74 Å². The Bertz CT molecular complexity index is 807. The van der Waals surface area contributed by atoms with Gasteiger partial charge in [-0.3, -0.25) is 4.98 Å². The molecular formula is C16H10BrF2NO. The van der Waals surface area contributed by atoms with Gasteiger partial charge in [0.15, 0.2) is 11.6 Å². The normalized spacial score (nSPS) is 10.8. The molecule has 2 nitrogen and oxygen atoms in total. The molecule has 1 heterocycles. The van der Waals surface area contributed by atoms with Crippen molar-refractivity contribution in [2.24, 2.45) is 0 Å². The molecule has 0 aliphatic rings. The molecule has 0 N–H and O–H groups in total. The van der Waals surface area contributed by atoms with Gasteiger partial charge in [-0.15, -0.1) is 0 Å². The molecule has 5 heteroatoms. The Balaban J connectivity index is 1.83. The van der Waals surface area contributed by atoms with E-state index in [0.717, 1.165) is 22.5 Å². The van der Waals surface area contributed by atoms with Crippen molar-refractivity contribution >= 4 is 26.8 Å². The fourth-order valence-electron chi connectivity index (χ4n) is 2.01. The largest absolute Gasteiger partial charge is 0.486 e. The number of fused-ring (bicyclic) bond motifs is 1. The Morgan fingerprint density at radius 2 is 1.95 bits per heavy atom. The smallest absolute Gasteiger partial charge is 0.200 e. The summed E-state index contributed by atoms with van der Waals surface area (Å²) in [5.41, 5.74) is 1.73. The van der Waals surface area contributed by atoms with E-state index in [2.05, 4.69) is 20.9 Å². The van der Waals surface area contributed by atoms with Crippen LogP contribution in [0.1, 0.15) is 5.56 Å². The first kappa shape index (κ1) is 13.9. The summed E-state index contributed by atoms with van der Waals surface area (Å²) in [7, 11) is 0. The van der Waals surface area contributed by atoms with Crippen LogP contribution in [-0.2, 0) is 6.61 Å². The van der Waals surface area contributed by atoms with E-state index in [9.17, 15) is 8.78 Å². The van der Waals surface area contributed by atoms with Crippen LogP contribution in [0.3, 0.4) is 0 Å². The summed E-state index contributed by atoms with van der Waals surface area (Å²) >= 11 is 3.11. The maximum Gasteiger partial charge on any atom is 0.200 e. The Morgan fingerprint density at radius 3 is 2.81 bits per heavy atom. The molecule has 0 saturated carbocycles. The first-order valence-corrected chi connectivity index (χ1v) is 7.04. The minimum Gasteiger partial charge on any atom is -0.486 e. The number of halogens is 3. The van der Waals surface area contributed by atoms with E-state index in [1.807, 2.05) is 30.3 Å². The van der Waals surface area contributed by atoms with Crippen LogP contribution in [0.4, 0.5) is 8.78 Å². The van der Waals surface area contributed by atoms with E-state index in [0.29, 0.717) is 4.47 Å². The molecule has 0 aliphatic carbocycles. The van der Waals surface area contributed by atoms with Crippen LogP contribution in [-0.4, -0.2) is 4.98 Å². The fraction of sp³-hybridized carbons (Fsp3) is 0.0625. The number of hydrogen-bond acceptors (Lipinski definition) is 2. The highest BCUT2D eigenvalue weighted by Gasteiger charge is 2.11. The molecule has 2 aromatic carbocycles. The lowest BCUT2D eigenvalue weighted by molar-refractivity contribution is 0.284. The lowest BCUT2D eigenvalue weighted by Gasteiger charge is -2.09. The van der Waals surface area contributed by atoms with E-state index in [1.165, 1.54) is 6.07 Å². The standard InChI is InChI=1S/C16H10BrF2NO/c17-12-7-13(18)16(19)15(8-12)21-9-10-3-4-14-11(6-10)2-1-5-20-14/h1-8H,9H2. The Morgan fingerprint density at radius 1 is 1.10 bits per heavy atom. The third kappa shape index (κ3) is 3.03. The second-order valence-corrected chi connectivity index (χ2v) is 5.43. The first-order valence-electron chi connectivity index (χ1n) is 6.24. The Hall–Kier alpha value is -2.01. The SMILES string of the molecule is Fc1cc(Br)cc(OCc2ccc3ncccc3c2)c1F. The quantitative estimate of drug-likeness (QED) is 0.630. The second-order valence-electron chi connectivity index (χ2n) is 4.52. The zero-order valence-electron chi connectivity index (χ0n) is 10.8. The molecule has 0 saturated heterocycles. The van der Waals surface area contributed by atoms with Gasteiger partial charge in [-0.2, -0.15) is 4.39 Å². The topological polar surface area (TPSA) is 22.1 Å². The van der Waals surface area contributed by atoms with Crippen molar-refractivity contribution < 1.29 is 13.5 Å². The molecule has 1 aromatic heterocycles. The van der Waals surface area contributed by atoms with Crippen LogP contribution in [0.25, 0.3) is 10.9 Å². The fourth-order valence-corrected chi connectivity index (χ4v) is 2.42. The predicted octanol–water partition coefficient (Wildman–Crippen LogP) is 4.85. The summed E-state index contributed by atoms with van der Waals surface area (Å²) in [5, 5.41) is 0.972. The number of nitrogens with zero attached hydrogens (tertiary/aromatic N) is 1. The highest BCUT2D eigenvalue weighted by Crippen LogP contribution is 2.26. The summed E-state index contributed by atoms with van der Waals surface area (Å²) in [6, 6.07) is 11.9. The Labute approximate surface area is 128 Å². The van der Waals surface area contributed by atoms with Gasteiger partial charge in [0.25, 0.3) is 0 Å². The van der Waals surface area contributed by atoms with E-state index < -0.39 is 11.6 Å². The van der Waals surface area contributed by atoms with Gasteiger partial charge in [0.1, 0.15) is 6.61 Å². The van der Waals surface area contributed by atoms with Crippen LogP contribution in [0.2, 0.25) is 0 Å². The average Bonchev–Trinajstić information content (AvgIpc) is 2.49. The van der Waals surface area contributed by atoms with Gasteiger partial charge in [-0.05, 0) is 35.9 Å². The molecule has 0 unspecified atom stereocenters. The highest BCUT2D eigenvalue weighted by molar-refractivity contribution is 9.10. The van der Waals surface area contributed by atoms with Gasteiger partial charge in [-0.25, -0.2) is 4.39 Å². The molecule has 106 valence electrons. The van der Waals surface area contributed by atoms with Gasteiger partial charge in [0.05, 0.1) is 5.52 Å². The summed E-state index contributed by atoms with van der Waals surface area (Å²) in [5.74, 6) is -2.05. The molecule has 0 amide bonds. The lowest BCUT2D eigenvalue weighted by atomic mass is 10.1. The molecule has 0 aliphatic heterocycles. The molecule has 3 rings (SSSR count). The molecule has 21 heavy (non-hydrogen) atoms. The summed E-state index contributed by atoms with van der Waals surface area (Å²) in [6.07, 6.45) is 1.72. The van der Waals surface area contributed by atoms with Crippen molar-refractivity contribution in [2.45, 2.75) is 6.61 Å². The number of aromatic nitrogens is 1. The monoisotopic (exact) mass is 349 g/mol. The second kappa shape index (κ2) is 5.77. The van der Waals surface area contributed by atoms with Gasteiger partial charge in [0.2, 0.25) is 5.82 Å². The van der Waals surface area contributed by atoms with Crippen LogP contribution < -0.4 is 4.74 Å². The summed E-state index contributed by atoms with van der Waals surface area (Å²) in [4.78, 5) is 4.22. The zero-order valence-corrected chi connectivity index (χ0v) is 12.4. The minimum absolute atomic E-state index is 0.117. The number of ether oxygens (including phenoxy) is 1. The maximum atomic E-state index is 13.6. The molecule has 0 spiro atoms. The van der Waals surface area contributed by atoms with Crippen molar-refractivity contribution in [3.8, 4) is 5.75 Å². The third-order valence-electron chi connectivity index (χ3n) is 3.02. The summed E-state index contributed by atoms with van der Waals surface area (Å²) < 4.78 is 32.7. The lowest BCUT2D eigenvalue weighted by Crippen LogP contribution is -1.99. The van der Waals surface area contributed by atoms with Crippen molar-refractivity contribution in [1.82, 2.24) is 4.98 Å². The van der Waals surface area contributed by atoms with Crippen molar-refractivity contribution in [1.29, 1.82) is 0 Å². The van der Waals surface area contributed by atoms with Crippen LogP contribution in [0.5, 0.6) is 5.75 Å². The van der Waals surface area contributed by atoms with E-state index in [1.54, 1.807) is 6.20 Å². The molecule has 0 fully saturated rings.